The predicted octanol–water partition coefficient (Wildman–Crippen LogP) is 1.99. The minimum Gasteiger partial charge on any atom is -0.502 e. The van der Waals surface area contributed by atoms with E-state index in [0.29, 0.717) is 6.08 Å². The zero-order valence-electron chi connectivity index (χ0n) is 8.38. The Balaban J connectivity index is 4.98. The van der Waals surface area contributed by atoms with Gasteiger partial charge in [0.25, 0.3) is 0 Å². The van der Waals surface area contributed by atoms with Crippen LogP contribution < -0.4 is 0 Å². The second kappa shape index (κ2) is 5.03. The first kappa shape index (κ1) is 13.8. The molecule has 15 heavy (non-hydrogen) atoms. The largest absolute Gasteiger partial charge is 0.502 e. The van der Waals surface area contributed by atoms with Crippen molar-refractivity contribution in [3.05, 3.63) is 12.3 Å². The SMILES string of the molecule is CCO/C=C/C(O)(C(C)C#N)C(F)(F)F. The average Bonchev–Trinajstić information content (AvgIpc) is 2.15. The lowest BCUT2D eigenvalue weighted by molar-refractivity contribution is -0.250. The lowest BCUT2D eigenvalue weighted by atomic mass is 9.89. The maximum atomic E-state index is 12.5. The van der Waals surface area contributed by atoms with Crippen LogP contribution in [0.4, 0.5) is 13.2 Å². The Morgan fingerprint density at radius 1 is 1.53 bits per heavy atom. The van der Waals surface area contributed by atoms with Crippen LogP contribution in [-0.2, 0) is 4.74 Å². The third-order valence-corrected chi connectivity index (χ3v) is 1.89. The van der Waals surface area contributed by atoms with Crippen molar-refractivity contribution in [1.29, 1.82) is 5.26 Å². The van der Waals surface area contributed by atoms with Gasteiger partial charge in [-0.15, -0.1) is 0 Å². The second-order valence-corrected chi connectivity index (χ2v) is 2.93. The van der Waals surface area contributed by atoms with Crippen molar-refractivity contribution >= 4 is 0 Å². The van der Waals surface area contributed by atoms with Crippen molar-refractivity contribution in [2.24, 2.45) is 5.92 Å². The van der Waals surface area contributed by atoms with E-state index in [4.69, 9.17) is 5.26 Å². The van der Waals surface area contributed by atoms with Crippen LogP contribution in [0.5, 0.6) is 0 Å². The molecule has 0 heterocycles. The number of hydrogen-bond donors (Lipinski definition) is 1. The molecule has 2 unspecified atom stereocenters. The Morgan fingerprint density at radius 2 is 2.07 bits per heavy atom. The Bertz CT molecular complexity index is 270. The maximum Gasteiger partial charge on any atom is 0.422 e. The molecule has 86 valence electrons. The molecule has 0 saturated heterocycles. The fraction of sp³-hybridized carbons (Fsp3) is 0.667. The average molecular weight is 223 g/mol. The Kier molecular flexibility index (Phi) is 4.62. The summed E-state index contributed by atoms with van der Waals surface area (Å²) in [6.07, 6.45) is -3.71. The number of rotatable bonds is 4. The molecule has 6 heteroatoms. The summed E-state index contributed by atoms with van der Waals surface area (Å²) in [5, 5.41) is 17.7. The van der Waals surface area contributed by atoms with E-state index in [1.165, 1.54) is 6.07 Å². The summed E-state index contributed by atoms with van der Waals surface area (Å²) >= 11 is 0. The summed E-state index contributed by atoms with van der Waals surface area (Å²) < 4.78 is 42.0. The van der Waals surface area contributed by atoms with Crippen LogP contribution in [0.3, 0.4) is 0 Å². The van der Waals surface area contributed by atoms with E-state index in [1.54, 1.807) is 6.92 Å². The zero-order chi connectivity index (χ0) is 12.1. The van der Waals surface area contributed by atoms with Crippen LogP contribution >= 0.6 is 0 Å². The first-order valence-electron chi connectivity index (χ1n) is 4.27. The first-order valence-corrected chi connectivity index (χ1v) is 4.27. The van der Waals surface area contributed by atoms with E-state index in [-0.39, 0.29) is 6.61 Å². The molecular formula is C9H12F3NO2. The number of aliphatic hydroxyl groups is 1. The molecular weight excluding hydrogens is 211 g/mol. The summed E-state index contributed by atoms with van der Waals surface area (Å²) in [6, 6.07) is 1.36. The molecule has 0 fully saturated rings. The fourth-order valence-electron chi connectivity index (χ4n) is 0.831. The minimum atomic E-state index is -4.91. The number of nitrogens with zero attached hydrogens (tertiary/aromatic N) is 1. The highest BCUT2D eigenvalue weighted by Crippen LogP contribution is 2.37. The summed E-state index contributed by atoms with van der Waals surface area (Å²) in [5.74, 6) is -1.60. The minimum absolute atomic E-state index is 0.186. The smallest absolute Gasteiger partial charge is 0.422 e. The molecule has 0 aromatic rings. The van der Waals surface area contributed by atoms with Gasteiger partial charge < -0.3 is 9.84 Å². The molecule has 0 aliphatic carbocycles. The van der Waals surface area contributed by atoms with Gasteiger partial charge in [-0.25, -0.2) is 0 Å². The molecule has 0 bridgehead atoms. The molecule has 0 aliphatic heterocycles. The van der Waals surface area contributed by atoms with Crippen molar-refractivity contribution in [1.82, 2.24) is 0 Å². The Hall–Kier alpha value is -1.22. The van der Waals surface area contributed by atoms with Crippen LogP contribution in [0.2, 0.25) is 0 Å². The monoisotopic (exact) mass is 223 g/mol. The molecule has 0 aromatic heterocycles. The molecule has 2 atom stereocenters. The first-order chi connectivity index (χ1) is 6.79. The van der Waals surface area contributed by atoms with Gasteiger partial charge in [-0.2, -0.15) is 18.4 Å². The number of ether oxygens (including phenoxy) is 1. The van der Waals surface area contributed by atoms with Crippen LogP contribution in [0.25, 0.3) is 0 Å². The van der Waals surface area contributed by atoms with Gasteiger partial charge in [-0.3, -0.25) is 0 Å². The standard InChI is InChI=1S/C9H12F3NO2/c1-3-15-5-4-8(14,7(2)6-13)9(10,11)12/h4-5,7,14H,3H2,1-2H3/b5-4+. The van der Waals surface area contributed by atoms with Crippen LogP contribution in [-0.4, -0.2) is 23.5 Å². The lowest BCUT2D eigenvalue weighted by Crippen LogP contribution is -2.48. The van der Waals surface area contributed by atoms with Gasteiger partial charge in [0, 0.05) is 0 Å². The van der Waals surface area contributed by atoms with Crippen molar-refractivity contribution in [2.45, 2.75) is 25.6 Å². The van der Waals surface area contributed by atoms with E-state index in [0.717, 1.165) is 13.2 Å². The van der Waals surface area contributed by atoms with Gasteiger partial charge in [-0.05, 0) is 19.9 Å². The van der Waals surface area contributed by atoms with E-state index in [1.807, 2.05) is 0 Å². The van der Waals surface area contributed by atoms with Gasteiger partial charge in [0.15, 0.2) is 5.60 Å². The summed E-state index contributed by atoms with van der Waals surface area (Å²) in [7, 11) is 0. The quantitative estimate of drug-likeness (QED) is 0.741. The number of alkyl halides is 3. The molecule has 0 aromatic carbocycles. The summed E-state index contributed by atoms with van der Waals surface area (Å²) in [4.78, 5) is 0. The highest BCUT2D eigenvalue weighted by Gasteiger charge is 2.56. The highest BCUT2D eigenvalue weighted by atomic mass is 19.4. The zero-order valence-corrected chi connectivity index (χ0v) is 8.38. The number of nitriles is 1. The van der Waals surface area contributed by atoms with Gasteiger partial charge in [0.1, 0.15) is 0 Å². The summed E-state index contributed by atoms with van der Waals surface area (Å²) in [6.45, 7) is 2.76. The Morgan fingerprint density at radius 3 is 2.40 bits per heavy atom. The third-order valence-electron chi connectivity index (χ3n) is 1.89. The van der Waals surface area contributed by atoms with E-state index < -0.39 is 17.7 Å². The van der Waals surface area contributed by atoms with Gasteiger partial charge >= 0.3 is 6.18 Å². The van der Waals surface area contributed by atoms with Crippen LogP contribution in [0, 0.1) is 17.2 Å². The highest BCUT2D eigenvalue weighted by molar-refractivity contribution is 5.12. The van der Waals surface area contributed by atoms with Crippen LogP contribution in [0.15, 0.2) is 12.3 Å². The topological polar surface area (TPSA) is 53.2 Å². The molecule has 0 rings (SSSR count). The van der Waals surface area contributed by atoms with E-state index in [9.17, 15) is 18.3 Å². The lowest BCUT2D eigenvalue weighted by Gasteiger charge is -2.29. The van der Waals surface area contributed by atoms with Crippen molar-refractivity contribution in [3.63, 3.8) is 0 Å². The number of halogens is 3. The van der Waals surface area contributed by atoms with Crippen molar-refractivity contribution in [3.8, 4) is 6.07 Å². The molecule has 3 nitrogen and oxygen atoms in total. The maximum absolute atomic E-state index is 12.5. The molecule has 0 spiro atoms. The molecule has 1 N–H and O–H groups in total. The second-order valence-electron chi connectivity index (χ2n) is 2.93. The third kappa shape index (κ3) is 3.13. The fourth-order valence-corrected chi connectivity index (χ4v) is 0.831. The van der Waals surface area contributed by atoms with Gasteiger partial charge in [0.05, 0.1) is 24.9 Å². The van der Waals surface area contributed by atoms with E-state index in [2.05, 4.69) is 4.74 Å². The molecule has 0 amide bonds. The van der Waals surface area contributed by atoms with E-state index >= 15 is 0 Å². The Labute approximate surface area is 85.8 Å². The van der Waals surface area contributed by atoms with Crippen molar-refractivity contribution in [2.75, 3.05) is 6.61 Å². The van der Waals surface area contributed by atoms with Crippen molar-refractivity contribution < 1.29 is 23.0 Å². The van der Waals surface area contributed by atoms with Gasteiger partial charge in [-0.1, -0.05) is 0 Å². The molecule has 0 radical (unpaired) electrons. The van der Waals surface area contributed by atoms with Gasteiger partial charge in [0.2, 0.25) is 0 Å². The predicted molar refractivity (Wildman–Crippen MR) is 46.5 cm³/mol. The summed E-state index contributed by atoms with van der Waals surface area (Å²) in [5.41, 5.74) is -3.17. The van der Waals surface area contributed by atoms with Crippen LogP contribution in [0.1, 0.15) is 13.8 Å². The normalized spacial score (nSPS) is 18.2. The number of hydrogen-bond acceptors (Lipinski definition) is 3. The molecule has 0 aliphatic rings. The molecule has 0 saturated carbocycles.